The average molecular weight is 728 g/mol. The van der Waals surface area contributed by atoms with Crippen molar-refractivity contribution < 1.29 is 4.42 Å². The van der Waals surface area contributed by atoms with Gasteiger partial charge >= 0.3 is 0 Å². The van der Waals surface area contributed by atoms with E-state index in [2.05, 4.69) is 166 Å². The number of para-hydroxylation sites is 4. The Kier molecular flexibility index (Phi) is 6.74. The summed E-state index contributed by atoms with van der Waals surface area (Å²) in [5, 5.41) is 5.61. The molecule has 1 aliphatic rings. The smallest absolute Gasteiger partial charge is 0.238 e. The first-order chi connectivity index (χ1) is 28.3. The Morgan fingerprint density at radius 1 is 0.456 bits per heavy atom. The maximum Gasteiger partial charge on any atom is 0.238 e. The van der Waals surface area contributed by atoms with Gasteiger partial charge in [-0.1, -0.05) is 139 Å². The van der Waals surface area contributed by atoms with Gasteiger partial charge in [-0.3, -0.25) is 4.57 Å². The van der Waals surface area contributed by atoms with E-state index in [1.165, 1.54) is 10.8 Å². The van der Waals surface area contributed by atoms with Gasteiger partial charge in [0.05, 0.1) is 33.3 Å². The van der Waals surface area contributed by atoms with E-state index < -0.39 is 0 Å². The van der Waals surface area contributed by atoms with Crippen molar-refractivity contribution in [3.63, 3.8) is 0 Å². The normalized spacial score (nSPS) is 12.3. The molecule has 0 aliphatic heterocycles. The number of fused-ring (bicyclic) bond motifs is 9. The van der Waals surface area contributed by atoms with Gasteiger partial charge in [-0.25, -0.2) is 4.98 Å². The topological polar surface area (TPSA) is 61.7 Å². The van der Waals surface area contributed by atoms with Crippen molar-refractivity contribution in [3.05, 3.63) is 198 Å². The maximum atomic E-state index is 6.29. The lowest BCUT2D eigenvalue weighted by atomic mass is 9.99. The molecule has 0 unspecified atom stereocenters. The van der Waals surface area contributed by atoms with Crippen molar-refractivity contribution in [2.75, 3.05) is 0 Å². The molecule has 11 aromatic rings. The molecule has 264 valence electrons. The lowest BCUT2D eigenvalue weighted by molar-refractivity contribution is 0.603. The first-order valence-corrected chi connectivity index (χ1v) is 19.0. The van der Waals surface area contributed by atoms with Crippen LogP contribution in [0.25, 0.3) is 100 Å². The Morgan fingerprint density at radius 2 is 1.05 bits per heavy atom. The molecule has 12 rings (SSSR count). The summed E-state index contributed by atoms with van der Waals surface area (Å²) in [7, 11) is 0. The zero-order valence-electron chi connectivity index (χ0n) is 30.4. The second-order valence-corrected chi connectivity index (χ2v) is 14.2. The molecule has 6 nitrogen and oxygen atoms in total. The van der Waals surface area contributed by atoms with Crippen LogP contribution in [0.3, 0.4) is 0 Å². The summed E-state index contributed by atoms with van der Waals surface area (Å²) in [6, 6.07) is 59.1. The average Bonchev–Trinajstić information content (AvgIpc) is 3.95. The summed E-state index contributed by atoms with van der Waals surface area (Å²) in [5.74, 6) is 2.24. The molecule has 4 aromatic heterocycles. The first-order valence-electron chi connectivity index (χ1n) is 19.0. The molecule has 1 aliphatic carbocycles. The van der Waals surface area contributed by atoms with Crippen LogP contribution in [0.15, 0.2) is 186 Å². The summed E-state index contributed by atoms with van der Waals surface area (Å²) in [6.07, 6.45) is 1.83. The molecule has 0 spiro atoms. The molecule has 6 heteroatoms. The van der Waals surface area contributed by atoms with Crippen LogP contribution in [-0.2, 0) is 0 Å². The van der Waals surface area contributed by atoms with Crippen LogP contribution in [-0.4, -0.2) is 24.1 Å². The summed E-state index contributed by atoms with van der Waals surface area (Å²) in [6.45, 7) is 0. The molecule has 4 heterocycles. The molecule has 0 bridgehead atoms. The Hall–Kier alpha value is -8.01. The van der Waals surface area contributed by atoms with Gasteiger partial charge in [0.25, 0.3) is 0 Å². The minimum atomic E-state index is 0.484. The zero-order chi connectivity index (χ0) is 37.5. The molecular weight excluding hydrogens is 699 g/mol. The number of hydrogen-bond donors (Lipinski definition) is 0. The fourth-order valence-electron chi connectivity index (χ4n) is 8.59. The van der Waals surface area contributed by atoms with Crippen LogP contribution in [0, 0.1) is 0 Å². The van der Waals surface area contributed by atoms with Crippen LogP contribution >= 0.6 is 0 Å². The van der Waals surface area contributed by atoms with Gasteiger partial charge in [0, 0.05) is 44.1 Å². The number of nitrogens with zero attached hydrogens (tertiary/aromatic N) is 5. The van der Waals surface area contributed by atoms with E-state index in [0.717, 1.165) is 71.7 Å². The highest BCUT2D eigenvalue weighted by Gasteiger charge is 2.25. The summed E-state index contributed by atoms with van der Waals surface area (Å²) in [4.78, 5) is 15.8. The molecule has 0 radical (unpaired) electrons. The summed E-state index contributed by atoms with van der Waals surface area (Å²) in [5.41, 5.74) is 17.4. The predicted octanol–water partition coefficient (Wildman–Crippen LogP) is 12.4. The van der Waals surface area contributed by atoms with Crippen molar-refractivity contribution in [3.8, 4) is 34.2 Å². The number of hydrogen-bond acceptors (Lipinski definition) is 4. The quantitative estimate of drug-likeness (QED) is 0.166. The fraction of sp³-hybridized carbons (Fsp3) is 0. The van der Waals surface area contributed by atoms with E-state index in [1.807, 2.05) is 30.3 Å². The number of benzene rings is 7. The molecule has 0 amide bonds. The van der Waals surface area contributed by atoms with Crippen molar-refractivity contribution >= 4 is 66.2 Å². The lowest BCUT2D eigenvalue weighted by Crippen LogP contribution is -2.09. The van der Waals surface area contributed by atoms with E-state index in [4.69, 9.17) is 19.4 Å². The highest BCUT2D eigenvalue weighted by atomic mass is 16.3. The van der Waals surface area contributed by atoms with E-state index in [9.17, 15) is 0 Å². The Balaban J connectivity index is 1.15. The fourth-order valence-corrected chi connectivity index (χ4v) is 8.59. The molecule has 7 aromatic carbocycles. The molecule has 0 N–H and O–H groups in total. The third-order valence-corrected chi connectivity index (χ3v) is 11.0. The van der Waals surface area contributed by atoms with Gasteiger partial charge < -0.3 is 8.98 Å². The maximum absolute atomic E-state index is 6.29. The second-order valence-electron chi connectivity index (χ2n) is 14.2. The van der Waals surface area contributed by atoms with Crippen LogP contribution in [0.1, 0.15) is 17.1 Å². The van der Waals surface area contributed by atoms with Gasteiger partial charge in [0.1, 0.15) is 11.3 Å². The molecule has 0 saturated carbocycles. The monoisotopic (exact) mass is 727 g/mol. The standard InChI is InChI=1S/C51H29N5O/c1-2-15-32(16-3-1)33-17-12-18-34(31-33)49-52-50(39-23-13-30-46-47(39)38-22-7-11-29-45(38)57-46)54-51(53-49)56-42-26-10-6-21-37(42)48-43(27-14-28-44(48)56)55-40-24-8-4-19-35(40)36-20-5-9-25-41(36)55/h1-12,14-22,24-31H. The Labute approximate surface area is 326 Å². The molecular formula is C51H29N5O. The van der Waals surface area contributed by atoms with Crippen molar-refractivity contribution in [1.82, 2.24) is 24.1 Å². The van der Waals surface area contributed by atoms with Gasteiger partial charge in [-0.15, -0.1) is 0 Å². The lowest BCUT2D eigenvalue weighted by Gasteiger charge is -2.13. The Bertz CT molecular complexity index is 3500. The molecule has 0 atom stereocenters. The molecule has 57 heavy (non-hydrogen) atoms. The third-order valence-electron chi connectivity index (χ3n) is 11.0. The number of furan rings is 1. The van der Waals surface area contributed by atoms with E-state index in [1.54, 1.807) is 0 Å². The second kappa shape index (κ2) is 12.3. The SMILES string of the molecule is C1=C=C(c2nc(-c3cccc(-c4ccccc4)c3)nc(-n3c4ccccc4c4c(-n5c6ccccc6c6ccccc65)cccc43)n2)c2c(oc3ccccc23)C=1. The number of rotatable bonds is 5. The van der Waals surface area contributed by atoms with Gasteiger partial charge in [0.15, 0.2) is 11.6 Å². The minimum Gasteiger partial charge on any atom is -0.455 e. The van der Waals surface area contributed by atoms with Crippen LogP contribution in [0.4, 0.5) is 0 Å². The van der Waals surface area contributed by atoms with Crippen LogP contribution in [0.5, 0.6) is 0 Å². The van der Waals surface area contributed by atoms with Crippen molar-refractivity contribution in [2.24, 2.45) is 0 Å². The van der Waals surface area contributed by atoms with Gasteiger partial charge in [0.2, 0.25) is 5.95 Å². The Morgan fingerprint density at radius 3 is 1.84 bits per heavy atom. The summed E-state index contributed by atoms with van der Waals surface area (Å²) < 4.78 is 10.9. The van der Waals surface area contributed by atoms with E-state index in [0.29, 0.717) is 28.9 Å². The molecule has 0 fully saturated rings. The zero-order valence-corrected chi connectivity index (χ0v) is 30.4. The predicted molar refractivity (Wildman–Crippen MR) is 230 cm³/mol. The highest BCUT2D eigenvalue weighted by Crippen LogP contribution is 2.41. The number of aromatic nitrogens is 5. The van der Waals surface area contributed by atoms with E-state index in [-0.39, 0.29) is 0 Å². The van der Waals surface area contributed by atoms with Crippen LogP contribution in [0.2, 0.25) is 0 Å². The van der Waals surface area contributed by atoms with Crippen molar-refractivity contribution in [2.45, 2.75) is 0 Å². The molecule has 0 saturated heterocycles. The van der Waals surface area contributed by atoms with Crippen molar-refractivity contribution in [1.29, 1.82) is 0 Å². The first kappa shape index (κ1) is 31.4. The minimum absolute atomic E-state index is 0.484. The highest BCUT2D eigenvalue weighted by molar-refractivity contribution is 6.16. The van der Waals surface area contributed by atoms with Gasteiger partial charge in [-0.2, -0.15) is 9.97 Å². The van der Waals surface area contributed by atoms with E-state index >= 15 is 0 Å². The van der Waals surface area contributed by atoms with Crippen LogP contribution < -0.4 is 0 Å². The van der Waals surface area contributed by atoms with Gasteiger partial charge in [-0.05, 0) is 53.6 Å². The summed E-state index contributed by atoms with van der Waals surface area (Å²) >= 11 is 0. The largest absolute Gasteiger partial charge is 0.455 e. The third kappa shape index (κ3) is 4.76.